The molecule has 3 nitrogen and oxygen atoms in total. The van der Waals surface area contributed by atoms with Gasteiger partial charge in [0, 0.05) is 12.6 Å². The third kappa shape index (κ3) is 3.58. The third-order valence-corrected chi connectivity index (χ3v) is 3.81. The average molecular weight is 237 g/mol. The minimum absolute atomic E-state index is 0.498. The van der Waals surface area contributed by atoms with Crippen molar-refractivity contribution in [1.29, 1.82) is 0 Å². The van der Waals surface area contributed by atoms with Gasteiger partial charge in [0.1, 0.15) is 11.9 Å². The minimum Gasteiger partial charge on any atom is -0.467 e. The monoisotopic (exact) mass is 237 g/mol. The summed E-state index contributed by atoms with van der Waals surface area (Å²) in [5.74, 6) is 0.647. The maximum absolute atomic E-state index is 9.89. The van der Waals surface area contributed by atoms with Crippen molar-refractivity contribution in [2.45, 2.75) is 51.7 Å². The van der Waals surface area contributed by atoms with Crippen LogP contribution in [-0.2, 0) is 0 Å². The van der Waals surface area contributed by atoms with Gasteiger partial charge in [-0.05, 0) is 43.2 Å². The molecule has 1 heterocycles. The quantitative estimate of drug-likeness (QED) is 0.846. The Balaban J connectivity index is 1.73. The largest absolute Gasteiger partial charge is 0.467 e. The fraction of sp³-hybridized carbons (Fsp3) is 0.714. The van der Waals surface area contributed by atoms with Gasteiger partial charge in [-0.2, -0.15) is 0 Å². The van der Waals surface area contributed by atoms with Crippen molar-refractivity contribution in [3.05, 3.63) is 24.2 Å². The highest BCUT2D eigenvalue weighted by molar-refractivity contribution is 5.02. The van der Waals surface area contributed by atoms with Crippen LogP contribution in [0, 0.1) is 5.41 Å². The van der Waals surface area contributed by atoms with E-state index in [-0.39, 0.29) is 0 Å². The van der Waals surface area contributed by atoms with E-state index in [1.807, 2.05) is 12.1 Å². The lowest BCUT2D eigenvalue weighted by Gasteiger charge is -2.35. The zero-order chi connectivity index (χ0) is 12.3. The van der Waals surface area contributed by atoms with Crippen LogP contribution < -0.4 is 5.32 Å². The van der Waals surface area contributed by atoms with Gasteiger partial charge in [-0.15, -0.1) is 0 Å². The van der Waals surface area contributed by atoms with Crippen LogP contribution in [0.25, 0.3) is 0 Å². The van der Waals surface area contributed by atoms with Gasteiger partial charge >= 0.3 is 0 Å². The SMILES string of the molecule is CC1(C)CCC(NCC(O)c2ccco2)CC1. The van der Waals surface area contributed by atoms with Crippen molar-refractivity contribution in [2.24, 2.45) is 5.41 Å². The van der Waals surface area contributed by atoms with Crippen molar-refractivity contribution in [3.8, 4) is 0 Å². The summed E-state index contributed by atoms with van der Waals surface area (Å²) in [6.45, 7) is 5.25. The maximum Gasteiger partial charge on any atom is 0.133 e. The molecule has 0 aromatic carbocycles. The first-order valence-corrected chi connectivity index (χ1v) is 6.52. The maximum atomic E-state index is 9.89. The van der Waals surface area contributed by atoms with E-state index < -0.39 is 6.10 Å². The van der Waals surface area contributed by atoms with E-state index in [1.165, 1.54) is 25.7 Å². The highest BCUT2D eigenvalue weighted by Crippen LogP contribution is 2.35. The van der Waals surface area contributed by atoms with Crippen LogP contribution in [-0.4, -0.2) is 17.7 Å². The Morgan fingerprint density at radius 1 is 1.47 bits per heavy atom. The second kappa shape index (κ2) is 5.23. The molecular weight excluding hydrogens is 214 g/mol. The van der Waals surface area contributed by atoms with Crippen LogP contribution in [0.4, 0.5) is 0 Å². The Bertz CT molecular complexity index is 322. The van der Waals surface area contributed by atoms with Crippen LogP contribution >= 0.6 is 0 Å². The predicted molar refractivity (Wildman–Crippen MR) is 67.7 cm³/mol. The fourth-order valence-corrected chi connectivity index (χ4v) is 2.46. The first-order valence-electron chi connectivity index (χ1n) is 6.52. The van der Waals surface area contributed by atoms with E-state index in [0.29, 0.717) is 23.8 Å². The number of nitrogens with one attached hydrogen (secondary N) is 1. The highest BCUT2D eigenvalue weighted by Gasteiger charge is 2.26. The second-order valence-corrected chi connectivity index (χ2v) is 5.88. The van der Waals surface area contributed by atoms with Crippen molar-refractivity contribution >= 4 is 0 Å². The summed E-state index contributed by atoms with van der Waals surface area (Å²) < 4.78 is 5.18. The Hall–Kier alpha value is -0.800. The van der Waals surface area contributed by atoms with Crippen molar-refractivity contribution in [1.82, 2.24) is 5.32 Å². The van der Waals surface area contributed by atoms with Gasteiger partial charge in [0.15, 0.2) is 0 Å². The van der Waals surface area contributed by atoms with Crippen molar-refractivity contribution in [2.75, 3.05) is 6.54 Å². The van der Waals surface area contributed by atoms with Crippen molar-refractivity contribution in [3.63, 3.8) is 0 Å². The summed E-state index contributed by atoms with van der Waals surface area (Å²) in [7, 11) is 0. The van der Waals surface area contributed by atoms with Gasteiger partial charge in [0.05, 0.1) is 6.26 Å². The van der Waals surface area contributed by atoms with Gasteiger partial charge < -0.3 is 14.8 Å². The second-order valence-electron chi connectivity index (χ2n) is 5.88. The standard InChI is InChI=1S/C14H23NO2/c1-14(2)7-5-11(6-8-14)15-10-12(16)13-4-3-9-17-13/h3-4,9,11-12,15-16H,5-8,10H2,1-2H3. The number of aliphatic hydroxyl groups is 1. The molecule has 1 aliphatic rings. The molecule has 1 unspecified atom stereocenters. The lowest BCUT2D eigenvalue weighted by Crippen LogP contribution is -2.37. The molecule has 1 aliphatic carbocycles. The summed E-state index contributed by atoms with van der Waals surface area (Å²) in [6, 6.07) is 4.17. The minimum atomic E-state index is -0.528. The molecule has 1 aromatic rings. The Morgan fingerprint density at radius 3 is 2.76 bits per heavy atom. The molecule has 1 aromatic heterocycles. The molecule has 0 aliphatic heterocycles. The zero-order valence-corrected chi connectivity index (χ0v) is 10.8. The fourth-order valence-electron chi connectivity index (χ4n) is 2.46. The number of aliphatic hydroxyl groups excluding tert-OH is 1. The normalized spacial score (nSPS) is 22.5. The van der Waals surface area contributed by atoms with Crippen molar-refractivity contribution < 1.29 is 9.52 Å². The molecule has 0 saturated heterocycles. The van der Waals surface area contributed by atoms with Crippen LogP contribution in [0.15, 0.2) is 22.8 Å². The van der Waals surface area contributed by atoms with Crippen LogP contribution in [0.1, 0.15) is 51.4 Å². The van der Waals surface area contributed by atoms with E-state index in [2.05, 4.69) is 19.2 Å². The average Bonchev–Trinajstić information content (AvgIpc) is 2.80. The molecule has 1 saturated carbocycles. The van der Waals surface area contributed by atoms with Gasteiger partial charge in [-0.25, -0.2) is 0 Å². The molecule has 1 atom stereocenters. The molecule has 17 heavy (non-hydrogen) atoms. The van der Waals surface area contributed by atoms with Crippen LogP contribution in [0.2, 0.25) is 0 Å². The number of furan rings is 1. The van der Waals surface area contributed by atoms with Gasteiger partial charge in [0.2, 0.25) is 0 Å². The molecule has 1 fully saturated rings. The molecule has 3 heteroatoms. The predicted octanol–water partition coefficient (Wildman–Crippen LogP) is 2.87. The van der Waals surface area contributed by atoms with E-state index in [1.54, 1.807) is 6.26 Å². The molecule has 0 radical (unpaired) electrons. The Labute approximate surface area is 103 Å². The molecule has 0 amide bonds. The molecular formula is C14H23NO2. The molecule has 2 N–H and O–H groups in total. The number of hydrogen-bond donors (Lipinski definition) is 2. The molecule has 96 valence electrons. The molecule has 2 rings (SSSR count). The van der Waals surface area contributed by atoms with Gasteiger partial charge in [-0.3, -0.25) is 0 Å². The van der Waals surface area contributed by atoms with Gasteiger partial charge in [0.25, 0.3) is 0 Å². The van der Waals surface area contributed by atoms with Crippen LogP contribution in [0.5, 0.6) is 0 Å². The Kier molecular flexibility index (Phi) is 3.89. The lowest BCUT2D eigenvalue weighted by atomic mass is 9.75. The smallest absolute Gasteiger partial charge is 0.133 e. The summed E-state index contributed by atoms with van der Waals surface area (Å²) >= 11 is 0. The van der Waals surface area contributed by atoms with E-state index >= 15 is 0 Å². The third-order valence-electron chi connectivity index (χ3n) is 3.81. The van der Waals surface area contributed by atoms with E-state index in [0.717, 1.165) is 0 Å². The lowest BCUT2D eigenvalue weighted by molar-refractivity contribution is 0.132. The van der Waals surface area contributed by atoms with E-state index in [9.17, 15) is 5.11 Å². The van der Waals surface area contributed by atoms with Gasteiger partial charge in [-0.1, -0.05) is 13.8 Å². The highest BCUT2D eigenvalue weighted by atomic mass is 16.4. The summed E-state index contributed by atoms with van der Waals surface area (Å²) in [5, 5.41) is 13.3. The number of rotatable bonds is 4. The summed E-state index contributed by atoms with van der Waals surface area (Å²) in [5.41, 5.74) is 0.498. The number of hydrogen-bond acceptors (Lipinski definition) is 3. The van der Waals surface area contributed by atoms with Crippen LogP contribution in [0.3, 0.4) is 0 Å². The summed E-state index contributed by atoms with van der Waals surface area (Å²) in [6.07, 6.45) is 6.01. The Morgan fingerprint density at radius 2 is 2.18 bits per heavy atom. The zero-order valence-electron chi connectivity index (χ0n) is 10.8. The first-order chi connectivity index (χ1) is 8.07. The topological polar surface area (TPSA) is 45.4 Å². The first kappa shape index (κ1) is 12.7. The molecule has 0 bridgehead atoms. The van der Waals surface area contributed by atoms with E-state index in [4.69, 9.17) is 4.42 Å². The molecule has 0 spiro atoms. The summed E-state index contributed by atoms with van der Waals surface area (Å²) in [4.78, 5) is 0.